The Hall–Kier alpha value is -2.31. The molecule has 0 saturated carbocycles. The number of amides is 1. The highest BCUT2D eigenvalue weighted by Gasteiger charge is 2.12. The molecule has 7 heteroatoms. The van der Waals surface area contributed by atoms with Crippen LogP contribution in [0.1, 0.15) is 16.2 Å². The van der Waals surface area contributed by atoms with E-state index in [0.717, 1.165) is 12.1 Å². The van der Waals surface area contributed by atoms with Crippen LogP contribution in [0.25, 0.3) is 0 Å². The summed E-state index contributed by atoms with van der Waals surface area (Å²) in [7, 11) is 0. The van der Waals surface area contributed by atoms with Gasteiger partial charge < -0.3 is 4.52 Å². The first kappa shape index (κ1) is 11.2. The molecular formula is C10H7F2N3O2. The highest BCUT2D eigenvalue weighted by atomic mass is 19.1. The van der Waals surface area contributed by atoms with E-state index in [4.69, 9.17) is 0 Å². The molecule has 0 saturated heterocycles. The Morgan fingerprint density at radius 3 is 2.47 bits per heavy atom. The summed E-state index contributed by atoms with van der Waals surface area (Å²) >= 11 is 0. The zero-order valence-corrected chi connectivity index (χ0v) is 8.70. The van der Waals surface area contributed by atoms with Crippen molar-refractivity contribution in [1.82, 2.24) is 10.1 Å². The number of rotatable bonds is 2. The second kappa shape index (κ2) is 4.28. The SMILES string of the molecule is Cc1noc(NC(=O)c2cc(F)cc(F)c2)n1. The van der Waals surface area contributed by atoms with E-state index in [-0.39, 0.29) is 11.6 Å². The van der Waals surface area contributed by atoms with E-state index in [0.29, 0.717) is 11.9 Å². The highest BCUT2D eigenvalue weighted by molar-refractivity contribution is 6.03. The van der Waals surface area contributed by atoms with Gasteiger partial charge in [0, 0.05) is 11.6 Å². The molecule has 0 spiro atoms. The van der Waals surface area contributed by atoms with Crippen LogP contribution in [-0.4, -0.2) is 16.0 Å². The van der Waals surface area contributed by atoms with E-state index in [9.17, 15) is 13.6 Å². The van der Waals surface area contributed by atoms with Gasteiger partial charge in [-0.05, 0) is 19.1 Å². The fraction of sp³-hybridized carbons (Fsp3) is 0.100. The van der Waals surface area contributed by atoms with Gasteiger partial charge in [-0.2, -0.15) is 4.98 Å². The Morgan fingerprint density at radius 1 is 1.29 bits per heavy atom. The van der Waals surface area contributed by atoms with Crippen molar-refractivity contribution in [3.8, 4) is 0 Å². The van der Waals surface area contributed by atoms with Crippen molar-refractivity contribution in [2.24, 2.45) is 0 Å². The highest BCUT2D eigenvalue weighted by Crippen LogP contribution is 2.10. The molecule has 0 aliphatic rings. The zero-order valence-electron chi connectivity index (χ0n) is 8.70. The van der Waals surface area contributed by atoms with Crippen LogP contribution in [0.3, 0.4) is 0 Å². The molecule has 2 rings (SSSR count). The fourth-order valence-corrected chi connectivity index (χ4v) is 1.20. The monoisotopic (exact) mass is 239 g/mol. The predicted octanol–water partition coefficient (Wildman–Crippen LogP) is 1.91. The minimum atomic E-state index is -0.836. The third-order valence-electron chi connectivity index (χ3n) is 1.87. The summed E-state index contributed by atoms with van der Waals surface area (Å²) in [5.74, 6) is -2.06. The lowest BCUT2D eigenvalue weighted by molar-refractivity contribution is 0.102. The number of carbonyl (C=O) groups excluding carboxylic acids is 1. The first-order chi connectivity index (χ1) is 8.04. The topological polar surface area (TPSA) is 68.0 Å². The van der Waals surface area contributed by atoms with Crippen molar-refractivity contribution < 1.29 is 18.1 Å². The van der Waals surface area contributed by atoms with Crippen molar-refractivity contribution in [2.45, 2.75) is 6.92 Å². The molecule has 88 valence electrons. The molecular weight excluding hydrogens is 232 g/mol. The molecule has 1 amide bonds. The van der Waals surface area contributed by atoms with Gasteiger partial charge in [0.25, 0.3) is 5.91 Å². The van der Waals surface area contributed by atoms with Crippen LogP contribution in [0.5, 0.6) is 0 Å². The number of hydrogen-bond donors (Lipinski definition) is 1. The Kier molecular flexibility index (Phi) is 2.82. The predicted molar refractivity (Wildman–Crippen MR) is 53.3 cm³/mol. The van der Waals surface area contributed by atoms with Crippen LogP contribution in [0, 0.1) is 18.6 Å². The first-order valence-electron chi connectivity index (χ1n) is 4.62. The number of aryl methyl sites for hydroxylation is 1. The maximum absolute atomic E-state index is 12.9. The van der Waals surface area contributed by atoms with E-state index < -0.39 is 17.5 Å². The molecule has 17 heavy (non-hydrogen) atoms. The summed E-state index contributed by atoms with van der Waals surface area (Å²) in [6.45, 7) is 1.57. The maximum atomic E-state index is 12.9. The van der Waals surface area contributed by atoms with E-state index in [2.05, 4.69) is 20.0 Å². The molecule has 1 aromatic carbocycles. The fourth-order valence-electron chi connectivity index (χ4n) is 1.20. The van der Waals surface area contributed by atoms with Crippen molar-refractivity contribution in [3.63, 3.8) is 0 Å². The minimum Gasteiger partial charge on any atom is -0.315 e. The molecule has 2 aromatic rings. The molecule has 0 unspecified atom stereocenters. The van der Waals surface area contributed by atoms with Gasteiger partial charge in [-0.25, -0.2) is 8.78 Å². The Balaban J connectivity index is 2.19. The van der Waals surface area contributed by atoms with Crippen LogP contribution in [-0.2, 0) is 0 Å². The normalized spacial score (nSPS) is 10.3. The van der Waals surface area contributed by atoms with Gasteiger partial charge in [-0.3, -0.25) is 10.1 Å². The summed E-state index contributed by atoms with van der Waals surface area (Å²) < 4.78 is 30.4. The quantitative estimate of drug-likeness (QED) is 0.869. The lowest BCUT2D eigenvalue weighted by Crippen LogP contribution is -2.12. The standard InChI is InChI=1S/C10H7F2N3O2/c1-5-13-10(17-15-5)14-9(16)6-2-7(11)4-8(12)3-6/h2-4H,1H3,(H,13,14,15,16). The summed E-state index contributed by atoms with van der Waals surface area (Å²) in [6, 6.07) is 2.36. The third kappa shape index (κ3) is 2.63. The van der Waals surface area contributed by atoms with Crippen LogP contribution in [0.2, 0.25) is 0 Å². The second-order valence-corrected chi connectivity index (χ2v) is 3.26. The lowest BCUT2D eigenvalue weighted by atomic mass is 10.2. The number of halogens is 2. The molecule has 1 aromatic heterocycles. The molecule has 0 bridgehead atoms. The summed E-state index contributed by atoms with van der Waals surface area (Å²) in [5.41, 5.74) is -0.168. The Bertz CT molecular complexity index is 548. The van der Waals surface area contributed by atoms with Crippen molar-refractivity contribution in [1.29, 1.82) is 0 Å². The molecule has 0 radical (unpaired) electrons. The molecule has 0 atom stereocenters. The number of nitrogens with one attached hydrogen (secondary N) is 1. The van der Waals surface area contributed by atoms with E-state index in [1.807, 2.05) is 0 Å². The van der Waals surface area contributed by atoms with Crippen molar-refractivity contribution >= 4 is 11.9 Å². The van der Waals surface area contributed by atoms with Crippen LogP contribution >= 0.6 is 0 Å². The van der Waals surface area contributed by atoms with E-state index >= 15 is 0 Å². The summed E-state index contributed by atoms with van der Waals surface area (Å²) in [5, 5.41) is 5.67. The minimum absolute atomic E-state index is 0.128. The first-order valence-corrected chi connectivity index (χ1v) is 4.62. The van der Waals surface area contributed by atoms with Crippen molar-refractivity contribution in [3.05, 3.63) is 41.2 Å². The Labute approximate surface area is 94.4 Å². The number of benzene rings is 1. The van der Waals surface area contributed by atoms with Gasteiger partial charge in [0.05, 0.1) is 0 Å². The lowest BCUT2D eigenvalue weighted by Gasteiger charge is -2.00. The van der Waals surface area contributed by atoms with Crippen molar-refractivity contribution in [2.75, 3.05) is 5.32 Å². The van der Waals surface area contributed by atoms with Gasteiger partial charge in [0.15, 0.2) is 5.82 Å². The van der Waals surface area contributed by atoms with Gasteiger partial charge in [0.1, 0.15) is 11.6 Å². The smallest absolute Gasteiger partial charge is 0.315 e. The molecule has 0 fully saturated rings. The van der Waals surface area contributed by atoms with E-state index in [1.165, 1.54) is 0 Å². The number of anilines is 1. The molecule has 0 aliphatic carbocycles. The molecule has 5 nitrogen and oxygen atoms in total. The number of hydrogen-bond acceptors (Lipinski definition) is 4. The largest absolute Gasteiger partial charge is 0.328 e. The van der Waals surface area contributed by atoms with Gasteiger partial charge in [-0.15, -0.1) is 0 Å². The second-order valence-electron chi connectivity index (χ2n) is 3.26. The maximum Gasteiger partial charge on any atom is 0.328 e. The average molecular weight is 239 g/mol. The van der Waals surface area contributed by atoms with Crippen LogP contribution in [0.15, 0.2) is 22.7 Å². The third-order valence-corrected chi connectivity index (χ3v) is 1.87. The van der Waals surface area contributed by atoms with Crippen LogP contribution < -0.4 is 5.32 Å². The average Bonchev–Trinajstić information content (AvgIpc) is 2.62. The zero-order chi connectivity index (χ0) is 12.4. The van der Waals surface area contributed by atoms with Gasteiger partial charge in [-0.1, -0.05) is 5.16 Å². The van der Waals surface area contributed by atoms with Gasteiger partial charge >= 0.3 is 6.01 Å². The number of nitrogens with zero attached hydrogens (tertiary/aromatic N) is 2. The molecule has 0 aliphatic heterocycles. The summed E-state index contributed by atoms with van der Waals surface area (Å²) in [4.78, 5) is 15.3. The number of carbonyl (C=O) groups is 1. The molecule has 1 heterocycles. The van der Waals surface area contributed by atoms with E-state index in [1.54, 1.807) is 6.92 Å². The number of aromatic nitrogens is 2. The summed E-state index contributed by atoms with van der Waals surface area (Å²) in [6.07, 6.45) is 0. The Morgan fingerprint density at radius 2 is 1.94 bits per heavy atom. The van der Waals surface area contributed by atoms with Gasteiger partial charge in [0.2, 0.25) is 0 Å². The molecule has 1 N–H and O–H groups in total. The van der Waals surface area contributed by atoms with Crippen LogP contribution in [0.4, 0.5) is 14.8 Å².